The number of nitrogens with zero attached hydrogens (tertiary/aromatic N) is 2. The van der Waals surface area contributed by atoms with Crippen LogP contribution in [0, 0.1) is 0 Å². The summed E-state index contributed by atoms with van der Waals surface area (Å²) < 4.78 is 12.8. The summed E-state index contributed by atoms with van der Waals surface area (Å²) in [4.78, 5) is 29.1. The average molecular weight is 343 g/mol. The molecule has 1 saturated heterocycles. The van der Waals surface area contributed by atoms with Gasteiger partial charge in [-0.05, 0) is 31.4 Å². The van der Waals surface area contributed by atoms with Crippen molar-refractivity contribution in [2.75, 3.05) is 13.2 Å². The lowest BCUT2D eigenvalue weighted by atomic mass is 9.89. The maximum absolute atomic E-state index is 12.5. The van der Waals surface area contributed by atoms with E-state index in [1.54, 1.807) is 18.2 Å². The van der Waals surface area contributed by atoms with Crippen molar-refractivity contribution >= 4 is 16.8 Å². The van der Waals surface area contributed by atoms with Crippen LogP contribution in [-0.4, -0.2) is 46.9 Å². The molecule has 1 N–H and O–H groups in total. The van der Waals surface area contributed by atoms with Gasteiger partial charge >= 0.3 is 0 Å². The van der Waals surface area contributed by atoms with Crippen LogP contribution in [0.5, 0.6) is 0 Å². The molecule has 0 spiro atoms. The summed E-state index contributed by atoms with van der Waals surface area (Å²) in [6.07, 6.45) is 4.13. The minimum Gasteiger partial charge on any atom is -0.373 e. The number of para-hydroxylation sites is 1. The Morgan fingerprint density at radius 2 is 2.00 bits per heavy atom. The molecule has 1 aliphatic heterocycles. The van der Waals surface area contributed by atoms with Crippen LogP contribution in [0.15, 0.2) is 35.4 Å². The van der Waals surface area contributed by atoms with Crippen molar-refractivity contribution in [3.8, 4) is 0 Å². The Morgan fingerprint density at radius 3 is 2.88 bits per heavy atom. The van der Waals surface area contributed by atoms with Crippen LogP contribution >= 0.6 is 0 Å². The van der Waals surface area contributed by atoms with Crippen LogP contribution < -0.4 is 10.9 Å². The van der Waals surface area contributed by atoms with Crippen molar-refractivity contribution in [1.29, 1.82) is 0 Å². The number of carbonyl (C=O) groups is 1. The van der Waals surface area contributed by atoms with Crippen LogP contribution in [0.2, 0.25) is 0 Å². The van der Waals surface area contributed by atoms with Gasteiger partial charge < -0.3 is 14.8 Å². The van der Waals surface area contributed by atoms with Crippen LogP contribution in [0.1, 0.15) is 19.3 Å². The maximum Gasteiger partial charge on any atom is 0.261 e. The second-order valence-electron chi connectivity index (χ2n) is 6.59. The molecule has 7 heteroatoms. The van der Waals surface area contributed by atoms with E-state index in [4.69, 9.17) is 9.47 Å². The monoisotopic (exact) mass is 343 g/mol. The van der Waals surface area contributed by atoms with E-state index < -0.39 is 0 Å². The van der Waals surface area contributed by atoms with E-state index in [2.05, 4.69) is 10.3 Å². The van der Waals surface area contributed by atoms with Gasteiger partial charge in [0.2, 0.25) is 5.91 Å². The Hall–Kier alpha value is -2.25. The fraction of sp³-hybridized carbons (Fsp3) is 0.500. The number of hydrogen-bond acceptors (Lipinski definition) is 5. The molecular formula is C18H21N3O4. The van der Waals surface area contributed by atoms with Crippen molar-refractivity contribution in [1.82, 2.24) is 14.9 Å². The van der Waals surface area contributed by atoms with Gasteiger partial charge in [-0.2, -0.15) is 0 Å². The molecule has 25 heavy (non-hydrogen) atoms. The second kappa shape index (κ2) is 6.93. The van der Waals surface area contributed by atoms with Gasteiger partial charge in [0.05, 0.1) is 42.7 Å². The number of benzene rings is 1. The normalized spacial score (nSPS) is 26.2. The summed E-state index contributed by atoms with van der Waals surface area (Å²) >= 11 is 0. The number of hydrogen-bond donors (Lipinski definition) is 1. The minimum atomic E-state index is -0.200. The molecule has 0 bridgehead atoms. The van der Waals surface area contributed by atoms with Gasteiger partial charge in [-0.25, -0.2) is 4.98 Å². The van der Waals surface area contributed by atoms with Gasteiger partial charge in [0.1, 0.15) is 6.54 Å². The van der Waals surface area contributed by atoms with Gasteiger partial charge in [-0.3, -0.25) is 14.2 Å². The van der Waals surface area contributed by atoms with E-state index >= 15 is 0 Å². The number of fused-ring (bicyclic) bond motifs is 2. The van der Waals surface area contributed by atoms with E-state index in [1.807, 2.05) is 6.07 Å². The molecule has 7 nitrogen and oxygen atoms in total. The van der Waals surface area contributed by atoms with Gasteiger partial charge in [-0.1, -0.05) is 12.1 Å². The lowest BCUT2D eigenvalue weighted by Crippen LogP contribution is -2.50. The zero-order chi connectivity index (χ0) is 17.2. The third-order valence-electron chi connectivity index (χ3n) is 4.89. The molecule has 3 unspecified atom stereocenters. The first-order valence-corrected chi connectivity index (χ1v) is 8.67. The van der Waals surface area contributed by atoms with Crippen molar-refractivity contribution < 1.29 is 14.3 Å². The standard InChI is InChI=1S/C18H21N3O4/c22-17(20-12-5-6-15-16(9-12)25-8-7-24-15)10-21-11-19-14-4-2-1-3-13(14)18(21)23/h1-4,11-12,15-16H,5-10H2,(H,20,22). The molecule has 1 saturated carbocycles. The van der Waals surface area contributed by atoms with E-state index in [9.17, 15) is 9.59 Å². The van der Waals surface area contributed by atoms with Crippen molar-refractivity contribution in [2.24, 2.45) is 0 Å². The first-order valence-electron chi connectivity index (χ1n) is 8.67. The molecule has 132 valence electrons. The van der Waals surface area contributed by atoms with E-state index in [0.29, 0.717) is 24.1 Å². The molecule has 2 aromatic rings. The zero-order valence-corrected chi connectivity index (χ0v) is 13.9. The average Bonchev–Trinajstić information content (AvgIpc) is 2.64. The Kier molecular flexibility index (Phi) is 4.50. The molecule has 1 amide bonds. The first-order chi connectivity index (χ1) is 12.2. The summed E-state index contributed by atoms with van der Waals surface area (Å²) in [6, 6.07) is 7.19. The maximum atomic E-state index is 12.5. The van der Waals surface area contributed by atoms with Gasteiger partial charge in [-0.15, -0.1) is 0 Å². The van der Waals surface area contributed by atoms with E-state index in [0.717, 1.165) is 19.3 Å². The Bertz CT molecular complexity index is 834. The highest BCUT2D eigenvalue weighted by molar-refractivity contribution is 5.79. The number of nitrogens with one attached hydrogen (secondary N) is 1. The van der Waals surface area contributed by atoms with Crippen LogP contribution in [0.25, 0.3) is 10.9 Å². The van der Waals surface area contributed by atoms with Crippen molar-refractivity contribution in [2.45, 2.75) is 44.1 Å². The van der Waals surface area contributed by atoms with Crippen LogP contribution in [-0.2, 0) is 20.8 Å². The highest BCUT2D eigenvalue weighted by Crippen LogP contribution is 2.26. The fourth-order valence-electron chi connectivity index (χ4n) is 3.64. The highest BCUT2D eigenvalue weighted by atomic mass is 16.6. The zero-order valence-electron chi connectivity index (χ0n) is 13.9. The predicted molar refractivity (Wildman–Crippen MR) is 91.3 cm³/mol. The van der Waals surface area contributed by atoms with Gasteiger partial charge in [0.25, 0.3) is 5.56 Å². The number of aromatic nitrogens is 2. The molecule has 1 aromatic heterocycles. The third-order valence-corrected chi connectivity index (χ3v) is 4.89. The molecule has 2 fully saturated rings. The molecular weight excluding hydrogens is 322 g/mol. The highest BCUT2D eigenvalue weighted by Gasteiger charge is 2.34. The Balaban J connectivity index is 1.41. The quantitative estimate of drug-likeness (QED) is 0.893. The summed E-state index contributed by atoms with van der Waals surface area (Å²) in [6.45, 7) is 1.23. The Morgan fingerprint density at radius 1 is 1.20 bits per heavy atom. The van der Waals surface area contributed by atoms with Crippen LogP contribution in [0.4, 0.5) is 0 Å². The lowest BCUT2D eigenvalue weighted by Gasteiger charge is -2.39. The number of rotatable bonds is 3. The number of ether oxygens (including phenoxy) is 2. The summed E-state index contributed by atoms with van der Waals surface area (Å²) in [5.41, 5.74) is 0.436. The molecule has 3 atom stereocenters. The second-order valence-corrected chi connectivity index (χ2v) is 6.59. The van der Waals surface area contributed by atoms with Crippen molar-refractivity contribution in [3.63, 3.8) is 0 Å². The number of carbonyl (C=O) groups excluding carboxylic acids is 1. The summed E-state index contributed by atoms with van der Waals surface area (Å²) in [7, 11) is 0. The minimum absolute atomic E-state index is 0.0291. The smallest absolute Gasteiger partial charge is 0.261 e. The first kappa shape index (κ1) is 16.2. The SMILES string of the molecule is O=C(Cn1cnc2ccccc2c1=O)NC1CCC2OCCOC2C1. The molecule has 4 rings (SSSR count). The van der Waals surface area contributed by atoms with Gasteiger partial charge in [0.15, 0.2) is 0 Å². The van der Waals surface area contributed by atoms with Crippen LogP contribution in [0.3, 0.4) is 0 Å². The third kappa shape index (κ3) is 3.43. The largest absolute Gasteiger partial charge is 0.373 e. The topological polar surface area (TPSA) is 82.5 Å². The van der Waals surface area contributed by atoms with E-state index in [-0.39, 0.29) is 36.3 Å². The molecule has 0 radical (unpaired) electrons. The van der Waals surface area contributed by atoms with Crippen molar-refractivity contribution in [3.05, 3.63) is 40.9 Å². The summed E-state index contributed by atoms with van der Waals surface area (Å²) in [5.74, 6) is -0.181. The Labute approximate surface area is 145 Å². The molecule has 1 aliphatic carbocycles. The fourth-order valence-corrected chi connectivity index (χ4v) is 3.64. The molecule has 2 heterocycles. The van der Waals surface area contributed by atoms with E-state index in [1.165, 1.54) is 10.9 Å². The summed E-state index contributed by atoms with van der Waals surface area (Å²) in [5, 5.41) is 3.53. The van der Waals surface area contributed by atoms with Gasteiger partial charge in [0, 0.05) is 6.04 Å². The molecule has 1 aromatic carbocycles. The lowest BCUT2D eigenvalue weighted by molar-refractivity contribution is -0.158. The molecule has 2 aliphatic rings. The predicted octanol–water partition coefficient (Wildman–Crippen LogP) is 0.849. The number of amides is 1.